The molecule has 0 saturated carbocycles. The second-order valence-corrected chi connectivity index (χ2v) is 5.99. The van der Waals surface area contributed by atoms with Crippen LogP contribution >= 0.6 is 11.6 Å². The summed E-state index contributed by atoms with van der Waals surface area (Å²) in [5, 5.41) is 6.74. The molecule has 1 heterocycles. The molecule has 7 nitrogen and oxygen atoms in total. The third-order valence-corrected chi connectivity index (χ3v) is 3.81. The Morgan fingerprint density at radius 1 is 1.44 bits per heavy atom. The van der Waals surface area contributed by atoms with E-state index in [0.717, 1.165) is 19.3 Å². The quantitative estimate of drug-likeness (QED) is 0.437. The van der Waals surface area contributed by atoms with Gasteiger partial charge in [0.25, 0.3) is 0 Å². The number of carbonyl (C=O) groups is 2. The number of rotatable bonds is 7. The largest absolute Gasteiger partial charge is 0.492 e. The maximum Gasteiger partial charge on any atom is 0.329 e. The minimum Gasteiger partial charge on any atom is -0.492 e. The molecule has 1 aromatic carbocycles. The van der Waals surface area contributed by atoms with Gasteiger partial charge in [-0.3, -0.25) is 9.59 Å². The Balaban J connectivity index is 1.78. The molecular weight excluding hydrogens is 346 g/mol. The number of benzene rings is 1. The maximum atomic E-state index is 11.7. The molecule has 1 aliphatic heterocycles. The fourth-order valence-electron chi connectivity index (χ4n) is 2.23. The third-order valence-electron chi connectivity index (χ3n) is 3.52. The maximum absolute atomic E-state index is 11.7. The third kappa shape index (κ3) is 6.36. The van der Waals surface area contributed by atoms with Crippen LogP contribution in [0.4, 0.5) is 0 Å². The van der Waals surface area contributed by atoms with Crippen molar-refractivity contribution in [2.24, 2.45) is 5.10 Å². The second-order valence-electron chi connectivity index (χ2n) is 5.58. The van der Waals surface area contributed by atoms with Crippen molar-refractivity contribution in [3.8, 4) is 5.75 Å². The fraction of sp³-hybridized carbons (Fsp3) is 0.471. The summed E-state index contributed by atoms with van der Waals surface area (Å²) >= 11 is 6.11. The van der Waals surface area contributed by atoms with E-state index in [1.807, 2.05) is 6.92 Å². The molecule has 1 aliphatic rings. The van der Waals surface area contributed by atoms with Crippen molar-refractivity contribution in [3.05, 3.63) is 28.8 Å². The van der Waals surface area contributed by atoms with E-state index in [1.165, 1.54) is 6.21 Å². The van der Waals surface area contributed by atoms with E-state index in [-0.39, 0.29) is 6.10 Å². The first-order chi connectivity index (χ1) is 12.1. The molecule has 25 heavy (non-hydrogen) atoms. The van der Waals surface area contributed by atoms with E-state index in [4.69, 9.17) is 21.1 Å². The number of amides is 2. The van der Waals surface area contributed by atoms with E-state index >= 15 is 0 Å². The molecule has 0 aliphatic carbocycles. The van der Waals surface area contributed by atoms with Crippen LogP contribution in [0.15, 0.2) is 23.3 Å². The molecule has 1 fully saturated rings. The van der Waals surface area contributed by atoms with Gasteiger partial charge in [0, 0.05) is 13.2 Å². The summed E-state index contributed by atoms with van der Waals surface area (Å²) in [5.74, 6) is -0.976. The number of hydrogen-bond donors (Lipinski definition) is 2. The average molecular weight is 368 g/mol. The Hall–Kier alpha value is -2.12. The van der Waals surface area contributed by atoms with Crippen molar-refractivity contribution in [1.29, 1.82) is 0 Å². The summed E-state index contributed by atoms with van der Waals surface area (Å²) in [6, 6.07) is 5.15. The molecule has 1 atom stereocenters. The molecule has 2 amide bonds. The highest BCUT2D eigenvalue weighted by atomic mass is 35.5. The molecule has 2 rings (SSSR count). The molecule has 0 bridgehead atoms. The SMILES string of the molecule is CCCOc1ccc(/C=N\NC(=O)C(=O)NC[C@H]2CCCO2)cc1Cl. The summed E-state index contributed by atoms with van der Waals surface area (Å²) in [4.78, 5) is 23.3. The van der Waals surface area contributed by atoms with Gasteiger partial charge in [0.05, 0.1) is 23.9 Å². The van der Waals surface area contributed by atoms with Crippen LogP contribution in [-0.4, -0.2) is 43.9 Å². The van der Waals surface area contributed by atoms with Crippen molar-refractivity contribution in [3.63, 3.8) is 0 Å². The predicted octanol–water partition coefficient (Wildman–Crippen LogP) is 1.87. The number of halogens is 1. The Labute approximate surface area is 151 Å². The predicted molar refractivity (Wildman–Crippen MR) is 95.0 cm³/mol. The zero-order valence-electron chi connectivity index (χ0n) is 14.1. The van der Waals surface area contributed by atoms with Crippen molar-refractivity contribution >= 4 is 29.6 Å². The Bertz CT molecular complexity index is 630. The van der Waals surface area contributed by atoms with Gasteiger partial charge < -0.3 is 14.8 Å². The summed E-state index contributed by atoms with van der Waals surface area (Å²) < 4.78 is 10.8. The zero-order chi connectivity index (χ0) is 18.1. The van der Waals surface area contributed by atoms with E-state index in [9.17, 15) is 9.59 Å². The lowest BCUT2D eigenvalue weighted by Crippen LogP contribution is -2.41. The van der Waals surface area contributed by atoms with E-state index in [2.05, 4.69) is 15.8 Å². The van der Waals surface area contributed by atoms with Gasteiger partial charge in [-0.2, -0.15) is 5.10 Å². The standard InChI is InChI=1S/C17H22ClN3O4/c1-2-7-25-15-6-5-12(9-14(15)18)10-20-21-17(23)16(22)19-11-13-4-3-8-24-13/h5-6,9-10,13H,2-4,7-8,11H2,1H3,(H,19,22)(H,21,23)/b20-10-/t13-/m1/s1. The van der Waals surface area contributed by atoms with Crippen molar-refractivity contribution in [1.82, 2.24) is 10.7 Å². The van der Waals surface area contributed by atoms with Crippen LogP contribution in [0.25, 0.3) is 0 Å². The van der Waals surface area contributed by atoms with Gasteiger partial charge in [0.15, 0.2) is 0 Å². The van der Waals surface area contributed by atoms with Gasteiger partial charge in [0.2, 0.25) is 0 Å². The van der Waals surface area contributed by atoms with Crippen LogP contribution in [-0.2, 0) is 14.3 Å². The lowest BCUT2D eigenvalue weighted by Gasteiger charge is -2.09. The first-order valence-electron chi connectivity index (χ1n) is 8.25. The van der Waals surface area contributed by atoms with Crippen molar-refractivity contribution < 1.29 is 19.1 Å². The molecule has 0 radical (unpaired) electrons. The highest BCUT2D eigenvalue weighted by molar-refractivity contribution is 6.35. The van der Waals surface area contributed by atoms with Crippen LogP contribution in [0, 0.1) is 0 Å². The molecule has 1 aromatic rings. The fourth-order valence-corrected chi connectivity index (χ4v) is 2.48. The first kappa shape index (κ1) is 19.2. The van der Waals surface area contributed by atoms with E-state index in [0.29, 0.717) is 36.1 Å². The normalized spacial score (nSPS) is 16.8. The highest BCUT2D eigenvalue weighted by Crippen LogP contribution is 2.24. The number of carbonyl (C=O) groups excluding carboxylic acids is 2. The number of nitrogens with zero attached hydrogens (tertiary/aromatic N) is 1. The lowest BCUT2D eigenvalue weighted by atomic mass is 10.2. The number of ether oxygens (including phenoxy) is 2. The Kier molecular flexibility index (Phi) is 7.69. The highest BCUT2D eigenvalue weighted by Gasteiger charge is 2.18. The lowest BCUT2D eigenvalue weighted by molar-refractivity contribution is -0.139. The van der Waals surface area contributed by atoms with Gasteiger partial charge in [0.1, 0.15) is 5.75 Å². The summed E-state index contributed by atoms with van der Waals surface area (Å²) in [6.07, 6.45) is 4.14. The molecule has 1 saturated heterocycles. The van der Waals surface area contributed by atoms with Crippen LogP contribution in [0.1, 0.15) is 31.7 Å². The van der Waals surface area contributed by atoms with Gasteiger partial charge in [-0.15, -0.1) is 0 Å². The molecule has 0 unspecified atom stereocenters. The Morgan fingerprint density at radius 2 is 2.28 bits per heavy atom. The smallest absolute Gasteiger partial charge is 0.329 e. The van der Waals surface area contributed by atoms with Crippen LogP contribution < -0.4 is 15.5 Å². The van der Waals surface area contributed by atoms with Crippen LogP contribution in [0.3, 0.4) is 0 Å². The van der Waals surface area contributed by atoms with Crippen LogP contribution in [0.5, 0.6) is 5.75 Å². The molecule has 2 N–H and O–H groups in total. The number of hydrogen-bond acceptors (Lipinski definition) is 5. The topological polar surface area (TPSA) is 89.0 Å². The number of nitrogens with one attached hydrogen (secondary N) is 2. The Morgan fingerprint density at radius 3 is 2.96 bits per heavy atom. The minimum absolute atomic E-state index is 0.0177. The van der Waals surface area contributed by atoms with E-state index < -0.39 is 11.8 Å². The van der Waals surface area contributed by atoms with Crippen LogP contribution in [0.2, 0.25) is 5.02 Å². The first-order valence-corrected chi connectivity index (χ1v) is 8.63. The molecule has 0 aromatic heterocycles. The van der Waals surface area contributed by atoms with Gasteiger partial charge in [-0.05, 0) is 43.0 Å². The molecule has 0 spiro atoms. The van der Waals surface area contributed by atoms with E-state index in [1.54, 1.807) is 18.2 Å². The second kappa shape index (κ2) is 10.0. The zero-order valence-corrected chi connectivity index (χ0v) is 14.8. The summed E-state index contributed by atoms with van der Waals surface area (Å²) in [6.45, 7) is 3.62. The average Bonchev–Trinajstić information content (AvgIpc) is 3.12. The molecule has 8 heteroatoms. The monoisotopic (exact) mass is 367 g/mol. The number of hydrazone groups is 1. The molecule has 136 valence electrons. The summed E-state index contributed by atoms with van der Waals surface area (Å²) in [7, 11) is 0. The van der Waals surface area contributed by atoms with Crippen molar-refractivity contribution in [2.75, 3.05) is 19.8 Å². The molecular formula is C17H22ClN3O4. The van der Waals surface area contributed by atoms with Gasteiger partial charge in [-0.1, -0.05) is 18.5 Å². The minimum atomic E-state index is -0.830. The summed E-state index contributed by atoms with van der Waals surface area (Å²) in [5.41, 5.74) is 2.85. The van der Waals surface area contributed by atoms with Crippen molar-refractivity contribution in [2.45, 2.75) is 32.3 Å². The van der Waals surface area contributed by atoms with Gasteiger partial charge >= 0.3 is 11.8 Å². The van der Waals surface area contributed by atoms with Gasteiger partial charge in [-0.25, -0.2) is 5.43 Å².